The minimum Gasteiger partial charge on any atom is -0.306 e. The Morgan fingerprint density at radius 1 is 0.853 bits per heavy atom. The molecule has 0 aromatic heterocycles. The molecule has 0 heterocycles. The summed E-state index contributed by atoms with van der Waals surface area (Å²) in [4.78, 5) is 24.8. The van der Waals surface area contributed by atoms with Gasteiger partial charge in [0.25, 0.3) is 0 Å². The highest BCUT2D eigenvalue weighted by Gasteiger charge is 2.26. The van der Waals surface area contributed by atoms with Gasteiger partial charge in [-0.3, -0.25) is 9.59 Å². The molecule has 1 atom stereocenters. The molecule has 3 rings (SSSR count). The summed E-state index contributed by atoms with van der Waals surface area (Å²) in [5.74, 6) is -2.73. The van der Waals surface area contributed by atoms with E-state index in [9.17, 15) is 22.8 Å². The van der Waals surface area contributed by atoms with Crippen LogP contribution in [0.5, 0.6) is 0 Å². The first-order chi connectivity index (χ1) is 15.5. The van der Waals surface area contributed by atoms with Crippen molar-refractivity contribution in [2.45, 2.75) is 40.3 Å². The molecule has 1 unspecified atom stereocenters. The highest BCUT2D eigenvalue weighted by Crippen LogP contribution is 2.25. The van der Waals surface area contributed by atoms with Crippen LogP contribution in [0, 0.1) is 22.9 Å². The van der Waals surface area contributed by atoms with Gasteiger partial charge in [-0.05, 0) is 42.8 Å². The van der Waals surface area contributed by atoms with Crippen molar-refractivity contribution >= 4 is 24.0 Å². The lowest BCUT2D eigenvalue weighted by Crippen LogP contribution is -2.22. The van der Waals surface area contributed by atoms with Gasteiger partial charge in [0.05, 0.1) is 11.1 Å². The molecule has 180 valence electrons. The molecule has 1 N–H and O–H groups in total. The Morgan fingerprint density at radius 2 is 1.53 bits per heavy atom. The van der Waals surface area contributed by atoms with E-state index in [4.69, 9.17) is 0 Å². The van der Waals surface area contributed by atoms with Gasteiger partial charge in [0.1, 0.15) is 17.5 Å². The number of rotatable bonds is 7. The van der Waals surface area contributed by atoms with Gasteiger partial charge in [-0.25, -0.2) is 13.2 Å². The fourth-order valence-electron chi connectivity index (χ4n) is 3.40. The lowest BCUT2D eigenvalue weighted by Gasteiger charge is -2.19. The summed E-state index contributed by atoms with van der Waals surface area (Å²) >= 11 is 0. The first-order valence-corrected chi connectivity index (χ1v) is 10.6. The molecule has 3 nitrogen and oxygen atoms in total. The van der Waals surface area contributed by atoms with E-state index in [0.29, 0.717) is 11.1 Å². The summed E-state index contributed by atoms with van der Waals surface area (Å²) in [5, 5.41) is 3.12. The normalized spacial score (nSPS) is 12.1. The van der Waals surface area contributed by atoms with Crippen LogP contribution < -0.4 is 5.32 Å². The highest BCUT2D eigenvalue weighted by atomic mass is 35.5. The molecule has 3 aromatic carbocycles. The maximum atomic E-state index is 14.6. The number of benzene rings is 3. The molecule has 0 bridgehead atoms. The van der Waals surface area contributed by atoms with Crippen molar-refractivity contribution in [1.82, 2.24) is 5.32 Å². The van der Waals surface area contributed by atoms with Crippen LogP contribution >= 0.6 is 12.4 Å². The third-order valence-corrected chi connectivity index (χ3v) is 5.45. The standard InChI is InChI=1S/C27H26F3NO2.ClH/c1-16(17-11-12-21(24(30)13-17)26(33)27(2,3)4)31-15-19-10-9-18(14-23(19)29)25(32)20-7-5-6-8-22(20)28;/h5-14,16,31H,15H2,1-4H3;1H. The van der Waals surface area contributed by atoms with Crippen LogP contribution in [0.3, 0.4) is 0 Å². The zero-order valence-electron chi connectivity index (χ0n) is 19.4. The van der Waals surface area contributed by atoms with Crippen LogP contribution in [-0.4, -0.2) is 11.6 Å². The number of Topliss-reactive ketones (excluding diaryl/α,β-unsaturated/α-hetero) is 1. The van der Waals surface area contributed by atoms with Crippen molar-refractivity contribution in [3.05, 3.63) is 106 Å². The number of ketones is 2. The summed E-state index contributed by atoms with van der Waals surface area (Å²) in [7, 11) is 0. The fraction of sp³-hybridized carbons (Fsp3) is 0.259. The number of hydrogen-bond donors (Lipinski definition) is 1. The first-order valence-electron chi connectivity index (χ1n) is 10.6. The van der Waals surface area contributed by atoms with E-state index < -0.39 is 28.6 Å². The van der Waals surface area contributed by atoms with Crippen LogP contribution in [0.1, 0.15) is 71.1 Å². The maximum absolute atomic E-state index is 14.6. The predicted molar refractivity (Wildman–Crippen MR) is 129 cm³/mol. The topological polar surface area (TPSA) is 46.2 Å². The molecule has 0 spiro atoms. The quantitative estimate of drug-likeness (QED) is 0.370. The van der Waals surface area contributed by atoms with E-state index in [0.717, 1.165) is 6.07 Å². The zero-order chi connectivity index (χ0) is 24.3. The average Bonchev–Trinajstić information content (AvgIpc) is 2.76. The van der Waals surface area contributed by atoms with Gasteiger partial charge in [0, 0.05) is 29.1 Å². The maximum Gasteiger partial charge on any atom is 0.196 e. The Balaban J connectivity index is 0.00000408. The van der Waals surface area contributed by atoms with Gasteiger partial charge < -0.3 is 5.32 Å². The number of carbonyl (C=O) groups is 2. The number of nitrogens with one attached hydrogen (secondary N) is 1. The molecule has 0 aliphatic heterocycles. The van der Waals surface area contributed by atoms with Crippen LogP contribution in [0.25, 0.3) is 0 Å². The Kier molecular flexibility index (Phi) is 8.81. The van der Waals surface area contributed by atoms with Gasteiger partial charge in [0.2, 0.25) is 0 Å². The monoisotopic (exact) mass is 489 g/mol. The molecule has 0 aliphatic carbocycles. The van der Waals surface area contributed by atoms with Gasteiger partial charge in [-0.15, -0.1) is 12.4 Å². The van der Waals surface area contributed by atoms with E-state index in [1.807, 2.05) is 0 Å². The van der Waals surface area contributed by atoms with Crippen molar-refractivity contribution in [2.75, 3.05) is 0 Å². The Labute approximate surface area is 203 Å². The van der Waals surface area contributed by atoms with Crippen molar-refractivity contribution in [3.63, 3.8) is 0 Å². The summed E-state index contributed by atoms with van der Waals surface area (Å²) in [6, 6.07) is 13.7. The Bertz CT molecular complexity index is 1200. The van der Waals surface area contributed by atoms with Crippen LogP contribution in [0.15, 0.2) is 60.7 Å². The third-order valence-electron chi connectivity index (χ3n) is 5.45. The molecular formula is C27H27ClF3NO2. The molecule has 0 radical (unpaired) electrons. The van der Waals surface area contributed by atoms with Crippen molar-refractivity contribution in [3.8, 4) is 0 Å². The van der Waals surface area contributed by atoms with Gasteiger partial charge in [0.15, 0.2) is 11.6 Å². The molecule has 0 saturated carbocycles. The van der Waals surface area contributed by atoms with E-state index in [1.54, 1.807) is 39.8 Å². The minimum atomic E-state index is -0.691. The molecule has 0 aliphatic rings. The summed E-state index contributed by atoms with van der Waals surface area (Å²) in [6.07, 6.45) is 0. The third kappa shape index (κ3) is 6.13. The summed E-state index contributed by atoms with van der Waals surface area (Å²) in [6.45, 7) is 7.13. The average molecular weight is 490 g/mol. The molecule has 0 saturated heterocycles. The Hall–Kier alpha value is -2.96. The summed E-state index contributed by atoms with van der Waals surface area (Å²) in [5.41, 5.74) is 0.211. The fourth-order valence-corrected chi connectivity index (χ4v) is 3.40. The molecule has 0 fully saturated rings. The molecule has 3 aromatic rings. The smallest absolute Gasteiger partial charge is 0.196 e. The van der Waals surface area contributed by atoms with E-state index in [-0.39, 0.29) is 47.5 Å². The molecular weight excluding hydrogens is 463 g/mol. The number of hydrogen-bond acceptors (Lipinski definition) is 3. The van der Waals surface area contributed by atoms with Crippen molar-refractivity contribution in [2.24, 2.45) is 5.41 Å². The van der Waals surface area contributed by atoms with E-state index in [1.165, 1.54) is 42.5 Å². The van der Waals surface area contributed by atoms with Crippen molar-refractivity contribution < 1.29 is 22.8 Å². The summed E-state index contributed by atoms with van der Waals surface area (Å²) < 4.78 is 43.0. The molecule has 0 amide bonds. The second-order valence-electron chi connectivity index (χ2n) is 9.04. The zero-order valence-corrected chi connectivity index (χ0v) is 20.2. The van der Waals surface area contributed by atoms with Crippen molar-refractivity contribution in [1.29, 1.82) is 0 Å². The van der Waals surface area contributed by atoms with Crippen LogP contribution in [0.4, 0.5) is 13.2 Å². The molecule has 7 heteroatoms. The SMILES string of the molecule is CC(NCc1ccc(C(=O)c2ccccc2F)cc1F)c1ccc(C(=O)C(C)(C)C)c(F)c1.Cl. The lowest BCUT2D eigenvalue weighted by atomic mass is 9.86. The first kappa shape index (κ1) is 27.3. The second kappa shape index (κ2) is 11.0. The Morgan fingerprint density at radius 3 is 2.12 bits per heavy atom. The minimum absolute atomic E-state index is 0. The largest absolute Gasteiger partial charge is 0.306 e. The van der Waals surface area contributed by atoms with Gasteiger partial charge in [-0.2, -0.15) is 0 Å². The number of halogens is 4. The van der Waals surface area contributed by atoms with Crippen LogP contribution in [-0.2, 0) is 6.54 Å². The number of carbonyl (C=O) groups excluding carboxylic acids is 2. The molecule has 34 heavy (non-hydrogen) atoms. The predicted octanol–water partition coefficient (Wildman–Crippen LogP) is 6.84. The highest BCUT2D eigenvalue weighted by molar-refractivity contribution is 6.09. The van der Waals surface area contributed by atoms with E-state index in [2.05, 4.69) is 5.32 Å². The van der Waals surface area contributed by atoms with Gasteiger partial charge in [-0.1, -0.05) is 51.1 Å². The van der Waals surface area contributed by atoms with E-state index >= 15 is 0 Å². The lowest BCUT2D eigenvalue weighted by molar-refractivity contribution is 0.0853. The van der Waals surface area contributed by atoms with Crippen LogP contribution in [0.2, 0.25) is 0 Å². The second-order valence-corrected chi connectivity index (χ2v) is 9.04. The van der Waals surface area contributed by atoms with Gasteiger partial charge >= 0.3 is 0 Å².